The third kappa shape index (κ3) is 7.26. The topological polar surface area (TPSA) is 101 Å². The van der Waals surface area contributed by atoms with E-state index in [1.165, 1.54) is 37.5 Å². The number of pyridine rings is 1. The number of likely N-dealkylation sites (N-methyl/N-ethyl adjacent to an activating group) is 1. The van der Waals surface area contributed by atoms with E-state index in [2.05, 4.69) is 10.3 Å². The molecule has 35 heavy (non-hydrogen) atoms. The first-order valence-corrected chi connectivity index (χ1v) is 13.1. The highest BCUT2D eigenvalue weighted by atomic mass is 35.5. The largest absolute Gasteiger partial charge is 0.492 e. The van der Waals surface area contributed by atoms with Gasteiger partial charge in [-0.25, -0.2) is 17.8 Å². The van der Waals surface area contributed by atoms with Crippen LogP contribution in [0.2, 0.25) is 5.02 Å². The molecule has 2 heterocycles. The predicted molar refractivity (Wildman–Crippen MR) is 131 cm³/mol. The van der Waals surface area contributed by atoms with Crippen molar-refractivity contribution in [1.29, 1.82) is 0 Å². The van der Waals surface area contributed by atoms with E-state index in [-0.39, 0.29) is 34.9 Å². The number of aromatic nitrogens is 1. The zero-order valence-electron chi connectivity index (χ0n) is 19.7. The second kappa shape index (κ2) is 12.5. The molecule has 12 heteroatoms. The summed E-state index contributed by atoms with van der Waals surface area (Å²) in [5.41, 5.74) is 0. The molecule has 0 aliphatic carbocycles. The zero-order chi connectivity index (χ0) is 25.4. The van der Waals surface area contributed by atoms with Gasteiger partial charge in [0.15, 0.2) is 0 Å². The number of halogens is 2. The molecule has 1 aliphatic rings. The first-order valence-electron chi connectivity index (χ1n) is 11.2. The van der Waals surface area contributed by atoms with Gasteiger partial charge in [0, 0.05) is 58.5 Å². The van der Waals surface area contributed by atoms with E-state index >= 15 is 0 Å². The van der Waals surface area contributed by atoms with E-state index in [9.17, 15) is 17.6 Å². The molecule has 0 saturated carbocycles. The monoisotopic (exact) mass is 528 g/mol. The van der Waals surface area contributed by atoms with E-state index in [1.54, 1.807) is 13.2 Å². The highest BCUT2D eigenvalue weighted by Crippen LogP contribution is 2.30. The lowest BCUT2D eigenvalue weighted by atomic mass is 9.96. The number of methoxy groups -OCH3 is 1. The Kier molecular flexibility index (Phi) is 9.67. The summed E-state index contributed by atoms with van der Waals surface area (Å²) in [6, 6.07) is 7.02. The highest BCUT2D eigenvalue weighted by Gasteiger charge is 2.28. The van der Waals surface area contributed by atoms with Crippen molar-refractivity contribution in [2.24, 2.45) is 5.92 Å². The summed E-state index contributed by atoms with van der Waals surface area (Å²) >= 11 is 6.42. The van der Waals surface area contributed by atoms with E-state index in [1.807, 2.05) is 4.90 Å². The number of sulfonamides is 1. The lowest BCUT2D eigenvalue weighted by molar-refractivity contribution is -0.125. The van der Waals surface area contributed by atoms with Gasteiger partial charge in [-0.1, -0.05) is 17.7 Å². The summed E-state index contributed by atoms with van der Waals surface area (Å²) in [6.07, 6.45) is 2.57. The number of carbonyl (C=O) groups is 1. The number of amides is 1. The SMILES string of the molecule is COCCNC(=O)C1CCN(c2ncc(S(=O)(=O)N(C)CCOc3cccc(F)c3)cc2Cl)CC1. The minimum absolute atomic E-state index is 0.00612. The normalized spacial score (nSPS) is 14.8. The summed E-state index contributed by atoms with van der Waals surface area (Å²) < 4.78 is 50.6. The Labute approximate surface area is 210 Å². The van der Waals surface area contributed by atoms with E-state index in [4.69, 9.17) is 21.1 Å². The van der Waals surface area contributed by atoms with Crippen molar-refractivity contribution >= 4 is 33.3 Å². The fourth-order valence-electron chi connectivity index (χ4n) is 3.71. The Bertz CT molecular complexity index is 1110. The molecule has 192 valence electrons. The van der Waals surface area contributed by atoms with Crippen molar-refractivity contribution in [3.8, 4) is 5.75 Å². The molecule has 1 aromatic carbocycles. The molecule has 1 amide bonds. The lowest BCUT2D eigenvalue weighted by Gasteiger charge is -2.32. The summed E-state index contributed by atoms with van der Waals surface area (Å²) in [5, 5.41) is 3.08. The van der Waals surface area contributed by atoms with Gasteiger partial charge in [-0.15, -0.1) is 0 Å². The first-order chi connectivity index (χ1) is 16.7. The molecule has 1 fully saturated rings. The van der Waals surface area contributed by atoms with Gasteiger partial charge in [-0.05, 0) is 31.0 Å². The van der Waals surface area contributed by atoms with Gasteiger partial charge < -0.3 is 19.7 Å². The molecule has 0 radical (unpaired) electrons. The Morgan fingerprint density at radius 1 is 1.29 bits per heavy atom. The van der Waals surface area contributed by atoms with Gasteiger partial charge in [0.1, 0.15) is 28.9 Å². The molecule has 1 aromatic heterocycles. The van der Waals surface area contributed by atoms with Gasteiger partial charge in [0.05, 0.1) is 11.6 Å². The maximum absolute atomic E-state index is 13.2. The fraction of sp³-hybridized carbons (Fsp3) is 0.478. The van der Waals surface area contributed by atoms with E-state index in [0.29, 0.717) is 50.7 Å². The van der Waals surface area contributed by atoms with Crippen molar-refractivity contribution in [1.82, 2.24) is 14.6 Å². The fourth-order valence-corrected chi connectivity index (χ4v) is 5.19. The summed E-state index contributed by atoms with van der Waals surface area (Å²) in [7, 11) is -0.844. The minimum atomic E-state index is -3.85. The molecule has 1 aliphatic heterocycles. The molecule has 3 rings (SSSR count). The van der Waals surface area contributed by atoms with Crippen molar-refractivity contribution in [2.45, 2.75) is 17.7 Å². The third-order valence-electron chi connectivity index (χ3n) is 5.75. The Morgan fingerprint density at radius 2 is 2.03 bits per heavy atom. The van der Waals surface area contributed by atoms with Gasteiger partial charge in [0.2, 0.25) is 15.9 Å². The Morgan fingerprint density at radius 3 is 2.69 bits per heavy atom. The van der Waals surface area contributed by atoms with Crippen LogP contribution < -0.4 is 15.0 Å². The average Bonchev–Trinajstić information content (AvgIpc) is 2.84. The van der Waals surface area contributed by atoms with Crippen LogP contribution in [-0.4, -0.2) is 77.2 Å². The van der Waals surface area contributed by atoms with Gasteiger partial charge in [0.25, 0.3) is 0 Å². The number of hydrogen-bond donors (Lipinski definition) is 1. The van der Waals surface area contributed by atoms with Crippen LogP contribution in [0.25, 0.3) is 0 Å². The molecule has 1 N–H and O–H groups in total. The number of anilines is 1. The summed E-state index contributed by atoms with van der Waals surface area (Å²) in [6.45, 7) is 2.21. The van der Waals surface area contributed by atoms with Crippen LogP contribution in [0, 0.1) is 11.7 Å². The van der Waals surface area contributed by atoms with Crippen molar-refractivity contribution in [3.05, 3.63) is 47.4 Å². The van der Waals surface area contributed by atoms with Crippen molar-refractivity contribution < 1.29 is 27.1 Å². The second-order valence-electron chi connectivity index (χ2n) is 8.15. The predicted octanol–water partition coefficient (Wildman–Crippen LogP) is 2.55. The van der Waals surface area contributed by atoms with Gasteiger partial charge >= 0.3 is 0 Å². The number of rotatable bonds is 11. The number of hydrogen-bond acceptors (Lipinski definition) is 7. The molecule has 1 saturated heterocycles. The lowest BCUT2D eigenvalue weighted by Crippen LogP contribution is -2.41. The number of piperidine rings is 1. The summed E-state index contributed by atoms with van der Waals surface area (Å²) in [5.74, 6) is 0.289. The van der Waals surface area contributed by atoms with Gasteiger partial charge in [-0.3, -0.25) is 4.79 Å². The maximum atomic E-state index is 13.2. The maximum Gasteiger partial charge on any atom is 0.244 e. The second-order valence-corrected chi connectivity index (χ2v) is 10.6. The summed E-state index contributed by atoms with van der Waals surface area (Å²) in [4.78, 5) is 18.5. The van der Waals surface area contributed by atoms with Crippen LogP contribution in [0.3, 0.4) is 0 Å². The van der Waals surface area contributed by atoms with E-state index in [0.717, 1.165) is 4.31 Å². The van der Waals surface area contributed by atoms with Crippen molar-refractivity contribution in [3.63, 3.8) is 0 Å². The smallest absolute Gasteiger partial charge is 0.244 e. The van der Waals surface area contributed by atoms with Crippen LogP contribution >= 0.6 is 11.6 Å². The molecule has 0 spiro atoms. The van der Waals surface area contributed by atoms with Crippen LogP contribution in [0.1, 0.15) is 12.8 Å². The number of benzene rings is 1. The molecular weight excluding hydrogens is 499 g/mol. The molecule has 0 bridgehead atoms. The van der Waals surface area contributed by atoms with Crippen LogP contribution in [-0.2, 0) is 19.6 Å². The van der Waals surface area contributed by atoms with Crippen LogP contribution in [0.15, 0.2) is 41.4 Å². The van der Waals surface area contributed by atoms with E-state index < -0.39 is 15.8 Å². The van der Waals surface area contributed by atoms with Crippen LogP contribution in [0.5, 0.6) is 5.75 Å². The molecule has 0 atom stereocenters. The molecule has 0 unspecified atom stereocenters. The number of carbonyl (C=O) groups excluding carboxylic acids is 1. The zero-order valence-corrected chi connectivity index (χ0v) is 21.3. The molecule has 2 aromatic rings. The third-order valence-corrected chi connectivity index (χ3v) is 7.85. The quantitative estimate of drug-likeness (QED) is 0.447. The Hall–Kier alpha value is -2.47. The standard InChI is InChI=1S/C23H30ClFN4O5S/c1-28(11-13-34-19-5-3-4-18(25)14-19)35(31,32)20-15-21(24)22(27-16-20)29-9-6-17(7-10-29)23(30)26-8-12-33-2/h3-5,14-17H,6-13H2,1-2H3,(H,26,30). The Balaban J connectivity index is 1.56. The van der Waals surface area contributed by atoms with Crippen molar-refractivity contribution in [2.75, 3.05) is 58.5 Å². The van der Waals surface area contributed by atoms with Crippen LogP contribution in [0.4, 0.5) is 10.2 Å². The molecule has 9 nitrogen and oxygen atoms in total. The average molecular weight is 529 g/mol. The highest BCUT2D eigenvalue weighted by molar-refractivity contribution is 7.89. The number of ether oxygens (including phenoxy) is 2. The molecular formula is C23H30ClFN4O5S. The van der Waals surface area contributed by atoms with Gasteiger partial charge in [-0.2, -0.15) is 4.31 Å². The first kappa shape index (κ1) is 27.1. The minimum Gasteiger partial charge on any atom is -0.492 e. The number of nitrogens with one attached hydrogen (secondary N) is 1. The number of nitrogens with zero attached hydrogens (tertiary/aromatic N) is 3.